The van der Waals surface area contributed by atoms with E-state index in [1.807, 2.05) is 0 Å². The van der Waals surface area contributed by atoms with Gasteiger partial charge >= 0.3 is 0 Å². The Morgan fingerprint density at radius 1 is 1.32 bits per heavy atom. The van der Waals surface area contributed by atoms with Crippen molar-refractivity contribution in [2.24, 2.45) is 17.8 Å². The number of nitrogens with zero attached hydrogens (tertiary/aromatic N) is 1. The quantitative estimate of drug-likeness (QED) is 0.726. The molecule has 2 saturated carbocycles. The molecular weight excluding hydrogens is 238 g/mol. The van der Waals surface area contributed by atoms with Crippen LogP contribution in [-0.2, 0) is 4.79 Å². The number of piperidine rings is 2. The first-order valence-electron chi connectivity index (χ1n) is 8.09. The molecule has 0 aromatic carbocycles. The van der Waals surface area contributed by atoms with Crippen LogP contribution in [0.4, 0.5) is 0 Å². The lowest BCUT2D eigenvalue weighted by Crippen LogP contribution is -2.79. The molecule has 19 heavy (non-hydrogen) atoms. The molecule has 0 unspecified atom stereocenters. The number of rotatable bonds is 0. The van der Waals surface area contributed by atoms with Crippen LogP contribution in [0.5, 0.6) is 0 Å². The average Bonchev–Trinajstić information content (AvgIpc) is 2.36. The van der Waals surface area contributed by atoms with Crippen LogP contribution in [0.3, 0.4) is 0 Å². The van der Waals surface area contributed by atoms with Gasteiger partial charge in [0, 0.05) is 6.42 Å². The summed E-state index contributed by atoms with van der Waals surface area (Å²) in [5.41, 5.74) is -1.22. The highest BCUT2D eigenvalue weighted by atomic mass is 16.3. The normalized spacial score (nSPS) is 53.8. The minimum absolute atomic E-state index is 0.159. The Bertz CT molecular complexity index is 421. The summed E-state index contributed by atoms with van der Waals surface area (Å²) >= 11 is 0. The Labute approximate surface area is 115 Å². The van der Waals surface area contributed by atoms with Crippen LogP contribution in [0.1, 0.15) is 51.9 Å². The maximum absolute atomic E-state index is 12.6. The van der Waals surface area contributed by atoms with E-state index in [0.717, 1.165) is 25.9 Å². The fraction of sp³-hybridized carbons (Fsp3) is 0.938. The first-order chi connectivity index (χ1) is 9.08. The fourth-order valence-electron chi connectivity index (χ4n) is 6.18. The molecule has 3 heteroatoms. The summed E-state index contributed by atoms with van der Waals surface area (Å²) in [4.78, 5) is 15.1. The molecule has 2 bridgehead atoms. The van der Waals surface area contributed by atoms with E-state index < -0.39 is 5.60 Å². The Balaban J connectivity index is 1.88. The summed E-state index contributed by atoms with van der Waals surface area (Å²) in [6.45, 7) is 4.49. The highest BCUT2D eigenvalue weighted by molar-refractivity contribution is 5.90. The lowest BCUT2D eigenvalue weighted by molar-refractivity contribution is -0.230. The number of hydrogen-bond acceptors (Lipinski definition) is 3. The van der Waals surface area contributed by atoms with Crippen LogP contribution in [-0.4, -0.2) is 40.0 Å². The van der Waals surface area contributed by atoms with Crippen LogP contribution in [0.25, 0.3) is 0 Å². The average molecular weight is 263 g/mol. The molecular formula is C16H25NO2. The van der Waals surface area contributed by atoms with E-state index in [1.54, 1.807) is 0 Å². The predicted molar refractivity (Wildman–Crippen MR) is 72.7 cm³/mol. The Hall–Kier alpha value is -0.410. The lowest BCUT2D eigenvalue weighted by atomic mass is 9.47. The lowest BCUT2D eigenvalue weighted by Gasteiger charge is -2.68. The van der Waals surface area contributed by atoms with Gasteiger partial charge in [0.2, 0.25) is 0 Å². The van der Waals surface area contributed by atoms with Gasteiger partial charge in [-0.15, -0.1) is 0 Å². The zero-order chi connectivity index (χ0) is 13.3. The number of aliphatic hydroxyl groups is 1. The monoisotopic (exact) mass is 263 g/mol. The zero-order valence-corrected chi connectivity index (χ0v) is 11.9. The second-order valence-electron chi connectivity index (χ2n) is 7.56. The largest absolute Gasteiger partial charge is 0.380 e. The van der Waals surface area contributed by atoms with E-state index >= 15 is 0 Å². The highest BCUT2D eigenvalue weighted by Crippen LogP contribution is 2.60. The zero-order valence-electron chi connectivity index (χ0n) is 11.9. The first kappa shape index (κ1) is 12.3. The molecule has 106 valence electrons. The summed E-state index contributed by atoms with van der Waals surface area (Å²) in [6.07, 6.45) is 7.04. The van der Waals surface area contributed by atoms with Crippen molar-refractivity contribution in [2.75, 3.05) is 13.1 Å². The van der Waals surface area contributed by atoms with Gasteiger partial charge in [-0.05, 0) is 69.4 Å². The van der Waals surface area contributed by atoms with Gasteiger partial charge < -0.3 is 5.11 Å². The van der Waals surface area contributed by atoms with Gasteiger partial charge in [-0.3, -0.25) is 9.69 Å². The Morgan fingerprint density at radius 3 is 2.95 bits per heavy atom. The summed E-state index contributed by atoms with van der Waals surface area (Å²) in [6, 6.07) is 0. The van der Waals surface area contributed by atoms with Gasteiger partial charge in [0.25, 0.3) is 0 Å². The van der Waals surface area contributed by atoms with Crippen molar-refractivity contribution in [3.05, 3.63) is 0 Å². The second-order valence-corrected chi connectivity index (χ2v) is 7.56. The van der Waals surface area contributed by atoms with E-state index in [4.69, 9.17) is 0 Å². The summed E-state index contributed by atoms with van der Waals surface area (Å²) in [5.74, 6) is 1.92. The summed E-state index contributed by atoms with van der Waals surface area (Å²) in [5, 5.41) is 11.3. The van der Waals surface area contributed by atoms with E-state index in [9.17, 15) is 9.90 Å². The molecule has 5 atom stereocenters. The molecule has 0 radical (unpaired) electrons. The van der Waals surface area contributed by atoms with Crippen LogP contribution >= 0.6 is 0 Å². The standard InChI is InChI=1S/C16H25NO2/c1-11-8-12-9-14(18)16(19)5-3-7-17-6-2-4-13(12)15(16,17)10-11/h11-13,19H,2-10H2,1H3/t11-,12-,13+,15+,16-/m0/s1. The van der Waals surface area contributed by atoms with Crippen molar-refractivity contribution in [1.29, 1.82) is 0 Å². The number of carbonyl (C=O) groups excluding carboxylic acids is 1. The fourth-order valence-corrected chi connectivity index (χ4v) is 6.18. The maximum atomic E-state index is 12.6. The molecule has 0 aromatic heterocycles. The molecule has 2 aliphatic carbocycles. The highest BCUT2D eigenvalue weighted by Gasteiger charge is 2.69. The molecule has 2 heterocycles. The molecule has 1 N–H and O–H groups in total. The predicted octanol–water partition coefficient (Wildman–Crippen LogP) is 1.98. The van der Waals surface area contributed by atoms with Crippen LogP contribution in [0.2, 0.25) is 0 Å². The van der Waals surface area contributed by atoms with Crippen LogP contribution in [0.15, 0.2) is 0 Å². The van der Waals surface area contributed by atoms with Crippen LogP contribution < -0.4 is 0 Å². The van der Waals surface area contributed by atoms with Crippen molar-refractivity contribution in [1.82, 2.24) is 4.90 Å². The minimum atomic E-state index is -1.03. The molecule has 4 fully saturated rings. The van der Waals surface area contributed by atoms with Crippen molar-refractivity contribution >= 4 is 5.78 Å². The third-order valence-corrected chi connectivity index (χ3v) is 6.65. The van der Waals surface area contributed by atoms with Gasteiger partial charge in [-0.1, -0.05) is 6.92 Å². The minimum Gasteiger partial charge on any atom is -0.380 e. The Kier molecular flexibility index (Phi) is 2.48. The number of Topliss-reactive ketones (excluding diaryl/α,β-unsaturated/α-hetero) is 1. The summed E-state index contributed by atoms with van der Waals surface area (Å²) < 4.78 is 0. The van der Waals surface area contributed by atoms with Crippen LogP contribution in [0, 0.1) is 17.8 Å². The van der Waals surface area contributed by atoms with Gasteiger partial charge in [0.15, 0.2) is 5.78 Å². The van der Waals surface area contributed by atoms with Crippen molar-refractivity contribution in [3.8, 4) is 0 Å². The van der Waals surface area contributed by atoms with E-state index in [2.05, 4.69) is 11.8 Å². The summed E-state index contributed by atoms with van der Waals surface area (Å²) in [7, 11) is 0. The molecule has 4 aliphatic rings. The molecule has 3 nitrogen and oxygen atoms in total. The number of hydrogen-bond donors (Lipinski definition) is 1. The Morgan fingerprint density at radius 2 is 2.11 bits per heavy atom. The molecule has 2 saturated heterocycles. The van der Waals surface area contributed by atoms with E-state index in [1.165, 1.54) is 19.3 Å². The third kappa shape index (κ3) is 1.33. The topological polar surface area (TPSA) is 40.5 Å². The smallest absolute Gasteiger partial charge is 0.166 e. The van der Waals surface area contributed by atoms with E-state index in [-0.39, 0.29) is 11.3 Å². The molecule has 2 aliphatic heterocycles. The van der Waals surface area contributed by atoms with Gasteiger partial charge in [0.1, 0.15) is 5.60 Å². The number of carbonyl (C=O) groups is 1. The van der Waals surface area contributed by atoms with Crippen molar-refractivity contribution in [3.63, 3.8) is 0 Å². The van der Waals surface area contributed by atoms with Crippen molar-refractivity contribution < 1.29 is 9.90 Å². The van der Waals surface area contributed by atoms with Crippen molar-refractivity contribution in [2.45, 2.75) is 63.0 Å². The molecule has 0 amide bonds. The SMILES string of the molecule is C[C@H]1C[C@H]2CC(=O)[C@@]3(O)CCCN4CCC[C@H]2[C@@]43C1. The molecule has 4 rings (SSSR count). The van der Waals surface area contributed by atoms with E-state index in [0.29, 0.717) is 30.6 Å². The third-order valence-electron chi connectivity index (χ3n) is 6.65. The molecule has 1 spiro atoms. The molecule has 0 aromatic rings. The maximum Gasteiger partial charge on any atom is 0.166 e. The van der Waals surface area contributed by atoms with Gasteiger partial charge in [0.05, 0.1) is 5.54 Å². The second kappa shape index (κ2) is 3.82. The number of ketones is 1. The van der Waals surface area contributed by atoms with Gasteiger partial charge in [-0.2, -0.15) is 0 Å². The first-order valence-corrected chi connectivity index (χ1v) is 8.09. The van der Waals surface area contributed by atoms with Gasteiger partial charge in [-0.25, -0.2) is 0 Å².